The van der Waals surface area contributed by atoms with Crippen molar-refractivity contribution in [2.45, 2.75) is 19.6 Å². The van der Waals surface area contributed by atoms with E-state index in [1.54, 1.807) is 36.4 Å². The number of Topliss-reactive ketones (excluding diaryl/α,β-unsaturated/α-hetero) is 1. The van der Waals surface area contributed by atoms with E-state index in [1.165, 1.54) is 25.8 Å². The van der Waals surface area contributed by atoms with Crippen molar-refractivity contribution in [2.75, 3.05) is 24.8 Å². The predicted octanol–water partition coefficient (Wildman–Crippen LogP) is 3.95. The second kappa shape index (κ2) is 10.5. The molecule has 0 radical (unpaired) electrons. The molecule has 7 heteroatoms. The molecule has 0 aliphatic heterocycles. The van der Waals surface area contributed by atoms with E-state index in [4.69, 9.17) is 4.74 Å². The van der Waals surface area contributed by atoms with E-state index in [1.807, 2.05) is 13.0 Å². The Kier molecular flexibility index (Phi) is 8.07. The van der Waals surface area contributed by atoms with Crippen LogP contribution in [0, 0.1) is 0 Å². The van der Waals surface area contributed by atoms with Crippen LogP contribution in [0.2, 0.25) is 0 Å². The van der Waals surface area contributed by atoms with Crippen LogP contribution in [0.4, 0.5) is 5.69 Å². The molecule has 6 nitrogen and oxygen atoms in total. The zero-order valence-electron chi connectivity index (χ0n) is 16.1. The first-order chi connectivity index (χ1) is 13.4. The van der Waals surface area contributed by atoms with Crippen LogP contribution in [0.1, 0.15) is 40.1 Å². The summed E-state index contributed by atoms with van der Waals surface area (Å²) in [7, 11) is 1.32. The highest BCUT2D eigenvalue weighted by Crippen LogP contribution is 2.25. The van der Waals surface area contributed by atoms with Crippen molar-refractivity contribution in [3.05, 3.63) is 59.2 Å². The number of amides is 1. The Hall–Kier alpha value is -2.80. The van der Waals surface area contributed by atoms with Crippen LogP contribution < -0.4 is 10.1 Å². The minimum Gasteiger partial charge on any atom is -0.494 e. The van der Waals surface area contributed by atoms with E-state index in [0.717, 1.165) is 11.3 Å². The average Bonchev–Trinajstić information content (AvgIpc) is 2.69. The SMILES string of the molecule is CCOc1ccc(C(C)=O)cc1CSCC(=O)Nc1ccc(C(=O)OC)cc1. The van der Waals surface area contributed by atoms with Gasteiger partial charge in [-0.05, 0) is 56.3 Å². The largest absolute Gasteiger partial charge is 0.494 e. The fourth-order valence-electron chi connectivity index (χ4n) is 2.47. The summed E-state index contributed by atoms with van der Waals surface area (Å²) in [4.78, 5) is 35.2. The topological polar surface area (TPSA) is 81.7 Å². The number of nitrogens with one attached hydrogen (secondary N) is 1. The first-order valence-electron chi connectivity index (χ1n) is 8.77. The highest BCUT2D eigenvalue weighted by atomic mass is 32.2. The van der Waals surface area contributed by atoms with Crippen molar-refractivity contribution in [3.8, 4) is 5.75 Å². The summed E-state index contributed by atoms with van der Waals surface area (Å²) in [6.07, 6.45) is 0. The number of ketones is 1. The lowest BCUT2D eigenvalue weighted by Crippen LogP contribution is -2.14. The molecule has 0 aliphatic carbocycles. The molecule has 0 heterocycles. The molecule has 2 aromatic rings. The lowest BCUT2D eigenvalue weighted by atomic mass is 10.1. The molecule has 1 N–H and O–H groups in total. The van der Waals surface area contributed by atoms with Crippen molar-refractivity contribution in [3.63, 3.8) is 0 Å². The molecule has 2 rings (SSSR count). The molecule has 0 saturated heterocycles. The molecule has 0 unspecified atom stereocenters. The van der Waals surface area contributed by atoms with Gasteiger partial charge in [0, 0.05) is 22.6 Å². The molecular weight excluding hydrogens is 378 g/mol. The molecule has 0 atom stereocenters. The summed E-state index contributed by atoms with van der Waals surface area (Å²) in [6, 6.07) is 11.8. The van der Waals surface area contributed by atoms with Crippen molar-refractivity contribution in [1.29, 1.82) is 0 Å². The van der Waals surface area contributed by atoms with Crippen molar-refractivity contribution >= 4 is 35.1 Å². The third-order valence-corrected chi connectivity index (χ3v) is 4.83. The Balaban J connectivity index is 1.92. The zero-order valence-corrected chi connectivity index (χ0v) is 16.9. The van der Waals surface area contributed by atoms with E-state index in [0.29, 0.717) is 29.2 Å². The summed E-state index contributed by atoms with van der Waals surface area (Å²) in [5, 5.41) is 2.78. The maximum atomic E-state index is 12.2. The average molecular weight is 401 g/mol. The highest BCUT2D eigenvalue weighted by Gasteiger charge is 2.10. The quantitative estimate of drug-likeness (QED) is 0.506. The molecule has 0 aliphatic rings. The predicted molar refractivity (Wildman–Crippen MR) is 110 cm³/mol. The molecule has 148 valence electrons. The van der Waals surface area contributed by atoms with E-state index in [-0.39, 0.29) is 17.4 Å². The fourth-order valence-corrected chi connectivity index (χ4v) is 3.27. The van der Waals surface area contributed by atoms with Gasteiger partial charge in [0.05, 0.1) is 25.0 Å². The van der Waals surface area contributed by atoms with Crippen LogP contribution in [0.15, 0.2) is 42.5 Å². The molecular formula is C21H23NO5S. The number of carbonyl (C=O) groups excluding carboxylic acids is 3. The minimum atomic E-state index is -0.425. The summed E-state index contributed by atoms with van der Waals surface area (Å²) in [6.45, 7) is 3.94. The number of rotatable bonds is 9. The van der Waals surface area contributed by atoms with Crippen LogP contribution in [-0.2, 0) is 15.3 Å². The lowest BCUT2D eigenvalue weighted by Gasteiger charge is -2.11. The van der Waals surface area contributed by atoms with Crippen LogP contribution >= 0.6 is 11.8 Å². The maximum Gasteiger partial charge on any atom is 0.337 e. The fraction of sp³-hybridized carbons (Fsp3) is 0.286. The number of methoxy groups -OCH3 is 1. The molecule has 0 saturated carbocycles. The van der Waals surface area contributed by atoms with Gasteiger partial charge in [0.2, 0.25) is 5.91 Å². The molecule has 0 fully saturated rings. The second-order valence-corrected chi connectivity index (χ2v) is 6.91. The Morgan fingerprint density at radius 1 is 1.04 bits per heavy atom. The summed E-state index contributed by atoms with van der Waals surface area (Å²) in [5.74, 6) is 0.920. The van der Waals surface area contributed by atoms with Crippen molar-refractivity contribution < 1.29 is 23.9 Å². The van der Waals surface area contributed by atoms with Gasteiger partial charge in [0.15, 0.2) is 5.78 Å². The number of thioether (sulfide) groups is 1. The number of ether oxygens (including phenoxy) is 2. The number of carbonyl (C=O) groups is 3. The van der Waals surface area contributed by atoms with Crippen LogP contribution in [-0.4, -0.2) is 37.1 Å². The van der Waals surface area contributed by atoms with Crippen LogP contribution in [0.25, 0.3) is 0 Å². The van der Waals surface area contributed by atoms with Gasteiger partial charge in [0.1, 0.15) is 5.75 Å². The monoisotopic (exact) mass is 401 g/mol. The smallest absolute Gasteiger partial charge is 0.337 e. The number of esters is 1. The molecule has 0 aromatic heterocycles. The number of anilines is 1. The van der Waals surface area contributed by atoms with Gasteiger partial charge in [-0.25, -0.2) is 4.79 Å². The molecule has 0 bridgehead atoms. The summed E-state index contributed by atoms with van der Waals surface area (Å²) in [5.41, 5.74) is 2.53. The van der Waals surface area contributed by atoms with E-state index in [9.17, 15) is 14.4 Å². The van der Waals surface area contributed by atoms with Gasteiger partial charge in [-0.3, -0.25) is 9.59 Å². The molecule has 2 aromatic carbocycles. The molecule has 1 amide bonds. The van der Waals surface area contributed by atoms with Crippen LogP contribution in [0.3, 0.4) is 0 Å². The number of benzene rings is 2. The standard InChI is InChI=1S/C21H23NO5S/c1-4-27-19-10-7-16(14(2)23)11-17(19)12-28-13-20(24)22-18-8-5-15(6-9-18)21(25)26-3/h5-11H,4,12-13H2,1-3H3,(H,22,24). The summed E-state index contributed by atoms with van der Waals surface area (Å²) < 4.78 is 10.2. The third-order valence-electron chi connectivity index (χ3n) is 3.85. The van der Waals surface area contributed by atoms with Gasteiger partial charge in [-0.2, -0.15) is 0 Å². The highest BCUT2D eigenvalue weighted by molar-refractivity contribution is 7.99. The van der Waals surface area contributed by atoms with Gasteiger partial charge in [-0.15, -0.1) is 11.8 Å². The Labute approximate surface area is 168 Å². The first kappa shape index (κ1) is 21.5. The van der Waals surface area contributed by atoms with E-state index < -0.39 is 5.97 Å². The van der Waals surface area contributed by atoms with Gasteiger partial charge >= 0.3 is 5.97 Å². The van der Waals surface area contributed by atoms with Gasteiger partial charge < -0.3 is 14.8 Å². The van der Waals surface area contributed by atoms with Crippen molar-refractivity contribution in [2.24, 2.45) is 0 Å². The zero-order chi connectivity index (χ0) is 20.5. The van der Waals surface area contributed by atoms with Gasteiger partial charge in [0.25, 0.3) is 0 Å². The van der Waals surface area contributed by atoms with E-state index >= 15 is 0 Å². The minimum absolute atomic E-state index is 0.0116. The van der Waals surface area contributed by atoms with Crippen LogP contribution in [0.5, 0.6) is 5.75 Å². The molecule has 0 spiro atoms. The second-order valence-electron chi connectivity index (χ2n) is 5.92. The van der Waals surface area contributed by atoms with Gasteiger partial charge in [-0.1, -0.05) is 0 Å². The Morgan fingerprint density at radius 2 is 1.71 bits per heavy atom. The molecule has 28 heavy (non-hydrogen) atoms. The summed E-state index contributed by atoms with van der Waals surface area (Å²) >= 11 is 1.43. The normalized spacial score (nSPS) is 10.2. The third kappa shape index (κ3) is 6.13. The van der Waals surface area contributed by atoms with E-state index in [2.05, 4.69) is 10.1 Å². The Bertz CT molecular complexity index is 848. The number of hydrogen-bond donors (Lipinski definition) is 1. The lowest BCUT2D eigenvalue weighted by molar-refractivity contribution is -0.113. The van der Waals surface area contributed by atoms with Crippen molar-refractivity contribution in [1.82, 2.24) is 0 Å². The maximum absolute atomic E-state index is 12.2. The first-order valence-corrected chi connectivity index (χ1v) is 9.92. The number of hydrogen-bond acceptors (Lipinski definition) is 6. The Morgan fingerprint density at radius 3 is 2.32 bits per heavy atom.